The average Bonchev–Trinajstić information content (AvgIpc) is 3.17. The van der Waals surface area contributed by atoms with Crippen molar-refractivity contribution in [1.82, 2.24) is 14.8 Å². The van der Waals surface area contributed by atoms with Gasteiger partial charge in [0.2, 0.25) is 5.96 Å². The fraction of sp³-hybridized carbons (Fsp3) is 0.458. The zero-order valence-electron chi connectivity index (χ0n) is 19.1. The van der Waals surface area contributed by atoms with Gasteiger partial charge >= 0.3 is 0 Å². The van der Waals surface area contributed by atoms with E-state index in [1.54, 1.807) is 32.5 Å². The zero-order chi connectivity index (χ0) is 23.6. The van der Waals surface area contributed by atoms with Crippen LogP contribution in [0.3, 0.4) is 0 Å². The minimum absolute atomic E-state index is 0.0123. The second-order valence-electron chi connectivity index (χ2n) is 8.71. The highest BCUT2D eigenvalue weighted by Gasteiger charge is 2.51. The topological polar surface area (TPSA) is 97.5 Å². The molecule has 3 atom stereocenters. The molecule has 33 heavy (non-hydrogen) atoms. The Hall–Kier alpha value is -3.02. The molecule has 8 nitrogen and oxygen atoms in total. The minimum Gasteiger partial charge on any atom is -0.493 e. The fourth-order valence-corrected chi connectivity index (χ4v) is 5.55. The molecule has 2 N–H and O–H groups in total. The number of ether oxygens (including phenoxy) is 2. The van der Waals surface area contributed by atoms with E-state index in [1.165, 1.54) is 10.5 Å². The second kappa shape index (κ2) is 9.46. The maximum Gasteiger partial charge on any atom is 0.209 e. The van der Waals surface area contributed by atoms with Crippen LogP contribution in [0.5, 0.6) is 11.5 Å². The minimum atomic E-state index is -0.0610. The number of likely N-dealkylation sites (tertiary alicyclic amines) is 1. The third kappa shape index (κ3) is 4.31. The van der Waals surface area contributed by atoms with E-state index in [2.05, 4.69) is 40.6 Å². The number of nitrogens with one attached hydrogen (secondary N) is 2. The van der Waals surface area contributed by atoms with E-state index in [0.29, 0.717) is 10.8 Å². The van der Waals surface area contributed by atoms with Gasteiger partial charge in [-0.2, -0.15) is 5.26 Å². The summed E-state index contributed by atoms with van der Waals surface area (Å²) in [6.45, 7) is 0.991. The molecule has 1 saturated carbocycles. The molecule has 1 aromatic heterocycles. The van der Waals surface area contributed by atoms with Crippen molar-refractivity contribution in [2.24, 2.45) is 0 Å². The fourth-order valence-electron chi connectivity index (χ4n) is 5.44. The van der Waals surface area contributed by atoms with Gasteiger partial charge in [0.1, 0.15) is 5.15 Å². The molecule has 1 aliphatic heterocycles. The van der Waals surface area contributed by atoms with Crippen LogP contribution in [-0.4, -0.2) is 60.6 Å². The van der Waals surface area contributed by atoms with Crippen molar-refractivity contribution >= 4 is 23.2 Å². The van der Waals surface area contributed by atoms with E-state index in [-0.39, 0.29) is 23.5 Å². The largest absolute Gasteiger partial charge is 0.493 e. The molecule has 9 heteroatoms. The highest BCUT2D eigenvalue weighted by molar-refractivity contribution is 6.29. The first-order valence-corrected chi connectivity index (χ1v) is 11.4. The molecule has 1 aliphatic carbocycles. The summed E-state index contributed by atoms with van der Waals surface area (Å²) < 4.78 is 11.0. The molecular formula is C24H29ClN6O2. The number of anilines is 1. The number of nitrogens with zero attached hydrogens (tertiary/aromatic N) is 4. The molecule has 0 bridgehead atoms. The summed E-state index contributed by atoms with van der Waals surface area (Å²) in [6.07, 6.45) is 7.37. The van der Waals surface area contributed by atoms with E-state index < -0.39 is 0 Å². The Bertz CT molecular complexity index is 1060. The summed E-state index contributed by atoms with van der Waals surface area (Å²) in [5.74, 6) is 1.51. The van der Waals surface area contributed by atoms with Gasteiger partial charge in [0.15, 0.2) is 17.7 Å². The van der Waals surface area contributed by atoms with Gasteiger partial charge in [-0.25, -0.2) is 9.88 Å². The Morgan fingerprint density at radius 1 is 1.27 bits per heavy atom. The van der Waals surface area contributed by atoms with Crippen LogP contribution in [0.1, 0.15) is 31.2 Å². The summed E-state index contributed by atoms with van der Waals surface area (Å²) in [7, 11) is 5.45. The number of rotatable bonds is 5. The molecule has 4 rings (SSSR count). The summed E-state index contributed by atoms with van der Waals surface area (Å²) in [5.41, 5.74) is 1.86. The van der Waals surface area contributed by atoms with Crippen LogP contribution < -0.4 is 14.8 Å². The van der Waals surface area contributed by atoms with Crippen molar-refractivity contribution in [1.29, 1.82) is 10.7 Å². The van der Waals surface area contributed by atoms with Gasteiger partial charge < -0.3 is 19.7 Å². The lowest BCUT2D eigenvalue weighted by atomic mass is 9.65. The molecule has 0 spiro atoms. The van der Waals surface area contributed by atoms with E-state index in [4.69, 9.17) is 26.5 Å². The van der Waals surface area contributed by atoms with E-state index >= 15 is 0 Å². The Labute approximate surface area is 199 Å². The highest BCUT2D eigenvalue weighted by atomic mass is 35.5. The summed E-state index contributed by atoms with van der Waals surface area (Å²) in [5, 5.41) is 21.8. The normalized spacial score (nSPS) is 24.5. The summed E-state index contributed by atoms with van der Waals surface area (Å²) in [4.78, 5) is 7.90. The van der Waals surface area contributed by atoms with Crippen LogP contribution in [0.15, 0.2) is 36.5 Å². The predicted molar refractivity (Wildman–Crippen MR) is 128 cm³/mol. The van der Waals surface area contributed by atoms with Gasteiger partial charge in [-0.1, -0.05) is 17.7 Å². The molecule has 2 aromatic rings. The maximum atomic E-state index is 9.90. The molecule has 0 radical (unpaired) electrons. The Morgan fingerprint density at radius 3 is 2.73 bits per heavy atom. The number of pyridine rings is 1. The van der Waals surface area contributed by atoms with Crippen LogP contribution in [0.2, 0.25) is 5.15 Å². The van der Waals surface area contributed by atoms with Crippen molar-refractivity contribution in [2.75, 3.05) is 33.1 Å². The molecule has 2 heterocycles. The third-order valence-corrected chi connectivity index (χ3v) is 7.39. The highest BCUT2D eigenvalue weighted by Crippen LogP contribution is 2.50. The number of nitriles is 1. The van der Waals surface area contributed by atoms with Gasteiger partial charge in [0.05, 0.1) is 26.1 Å². The lowest BCUT2D eigenvalue weighted by molar-refractivity contribution is 0.135. The second-order valence-corrected chi connectivity index (χ2v) is 9.10. The first-order valence-electron chi connectivity index (χ1n) is 11.0. The molecule has 1 aromatic carbocycles. The Balaban J connectivity index is 1.55. The number of guanidine groups is 1. The smallest absolute Gasteiger partial charge is 0.209 e. The van der Waals surface area contributed by atoms with Crippen molar-refractivity contribution in [3.05, 3.63) is 47.2 Å². The van der Waals surface area contributed by atoms with Gasteiger partial charge in [0.25, 0.3) is 0 Å². The molecule has 0 amide bonds. The van der Waals surface area contributed by atoms with Crippen LogP contribution >= 0.6 is 11.6 Å². The lowest BCUT2D eigenvalue weighted by Crippen LogP contribution is -2.52. The summed E-state index contributed by atoms with van der Waals surface area (Å²) in [6, 6.07) is 9.82. The molecule has 174 valence electrons. The SMILES string of the molecule is COc1ccc([C@@]23CC[C@@H](N(C#N)C(=N)Nc4ccc(Cl)nc4)C[C@@H]2N(C)CC3)cc1OC. The monoisotopic (exact) mass is 468 g/mol. The number of likely N-dealkylation sites (N-methyl/N-ethyl adjacent to an activating group) is 1. The van der Waals surface area contributed by atoms with Crippen LogP contribution in [0.25, 0.3) is 0 Å². The molecule has 0 unspecified atom stereocenters. The number of methoxy groups -OCH3 is 2. The van der Waals surface area contributed by atoms with E-state index in [0.717, 1.165) is 43.7 Å². The summed E-state index contributed by atoms with van der Waals surface area (Å²) >= 11 is 5.85. The quantitative estimate of drug-likeness (QED) is 0.224. The van der Waals surface area contributed by atoms with Crippen molar-refractivity contribution in [3.8, 4) is 17.7 Å². The standard InChI is InChI=1S/C24H29ClN6O2/c1-30-11-10-24(16-4-6-19(32-2)20(12-16)33-3)9-8-18(13-21(24)30)31(15-26)23(27)29-17-5-7-22(25)28-14-17/h4-7,12,14,18,21H,8-11,13H2,1-3H3,(H2,27,29)/t18-,21+,24+/m1/s1. The maximum absolute atomic E-state index is 9.90. The Morgan fingerprint density at radius 2 is 2.06 bits per heavy atom. The van der Waals surface area contributed by atoms with E-state index in [9.17, 15) is 5.26 Å². The first-order chi connectivity index (χ1) is 15.9. The first kappa shape index (κ1) is 23.1. The van der Waals surface area contributed by atoms with Gasteiger partial charge in [-0.05, 0) is 69.1 Å². The number of hydrogen-bond donors (Lipinski definition) is 2. The van der Waals surface area contributed by atoms with Crippen molar-refractivity contribution < 1.29 is 9.47 Å². The average molecular weight is 469 g/mol. The van der Waals surface area contributed by atoms with Gasteiger partial charge in [-0.15, -0.1) is 0 Å². The van der Waals surface area contributed by atoms with Gasteiger partial charge in [0, 0.05) is 17.5 Å². The third-order valence-electron chi connectivity index (χ3n) is 7.16. The number of benzene rings is 1. The van der Waals surface area contributed by atoms with Crippen molar-refractivity contribution in [2.45, 2.75) is 43.2 Å². The predicted octanol–water partition coefficient (Wildman–Crippen LogP) is 4.08. The van der Waals surface area contributed by atoms with Gasteiger partial charge in [-0.3, -0.25) is 5.41 Å². The number of halogens is 1. The lowest BCUT2D eigenvalue weighted by Gasteiger charge is -2.46. The number of aromatic nitrogens is 1. The Kier molecular flexibility index (Phi) is 6.63. The van der Waals surface area contributed by atoms with Crippen molar-refractivity contribution in [3.63, 3.8) is 0 Å². The molecular weight excluding hydrogens is 440 g/mol. The zero-order valence-corrected chi connectivity index (χ0v) is 19.9. The molecule has 1 saturated heterocycles. The number of hydrogen-bond acceptors (Lipinski definition) is 6. The molecule has 2 fully saturated rings. The van der Waals surface area contributed by atoms with Crippen LogP contribution in [-0.2, 0) is 5.41 Å². The van der Waals surface area contributed by atoms with Crippen LogP contribution in [0, 0.1) is 16.9 Å². The molecule has 2 aliphatic rings. The van der Waals surface area contributed by atoms with Crippen LogP contribution in [0.4, 0.5) is 5.69 Å². The van der Waals surface area contributed by atoms with E-state index in [1.807, 2.05) is 6.07 Å². The number of fused-ring (bicyclic) bond motifs is 1.